The Morgan fingerprint density at radius 1 is 1.62 bits per heavy atom. The van der Waals surface area contributed by atoms with Crippen molar-refractivity contribution in [1.29, 1.82) is 0 Å². The predicted octanol–water partition coefficient (Wildman–Crippen LogP) is 0.661. The molecule has 0 saturated carbocycles. The molecule has 1 atom stereocenters. The van der Waals surface area contributed by atoms with Gasteiger partial charge in [-0.2, -0.15) is 0 Å². The van der Waals surface area contributed by atoms with E-state index in [1.807, 2.05) is 0 Å². The zero-order chi connectivity index (χ0) is 9.84. The lowest BCUT2D eigenvalue weighted by atomic mass is 10.1. The lowest BCUT2D eigenvalue weighted by molar-refractivity contribution is 0.248. The Morgan fingerprint density at radius 2 is 2.31 bits per heavy atom. The van der Waals surface area contributed by atoms with Crippen LogP contribution < -0.4 is 11.1 Å². The third-order valence-electron chi connectivity index (χ3n) is 1.97. The molecule has 0 saturated heterocycles. The summed E-state index contributed by atoms with van der Waals surface area (Å²) in [5.74, 6) is -0.395. The van der Waals surface area contributed by atoms with E-state index in [2.05, 4.69) is 5.32 Å². The van der Waals surface area contributed by atoms with Crippen LogP contribution in [0.3, 0.4) is 0 Å². The molecule has 0 aliphatic carbocycles. The number of hydrogen-bond donors (Lipinski definition) is 3. The minimum Gasteiger partial charge on any atom is -0.398 e. The van der Waals surface area contributed by atoms with Gasteiger partial charge in [0, 0.05) is 11.3 Å². The Labute approximate surface area is 76.4 Å². The van der Waals surface area contributed by atoms with E-state index in [4.69, 9.17) is 10.8 Å². The first kappa shape index (κ1) is 9.95. The van der Waals surface area contributed by atoms with Crippen molar-refractivity contribution in [2.45, 2.75) is 6.04 Å². The number of aliphatic hydroxyl groups excluding tert-OH is 1. The smallest absolute Gasteiger partial charge is 0.130 e. The third kappa shape index (κ3) is 1.96. The van der Waals surface area contributed by atoms with E-state index in [0.717, 1.165) is 0 Å². The van der Waals surface area contributed by atoms with Crippen molar-refractivity contribution in [1.82, 2.24) is 5.32 Å². The molecule has 1 aromatic rings. The number of halogens is 1. The number of likely N-dealkylation sites (N-methyl/N-ethyl adjacent to an activating group) is 1. The van der Waals surface area contributed by atoms with Gasteiger partial charge in [0.05, 0.1) is 12.6 Å². The van der Waals surface area contributed by atoms with Crippen molar-refractivity contribution in [2.75, 3.05) is 19.4 Å². The summed E-state index contributed by atoms with van der Waals surface area (Å²) in [6, 6.07) is 4.03. The SMILES string of the molecule is CN[C@H](CO)c1c(N)cccc1F. The maximum atomic E-state index is 13.2. The second-order valence-electron chi connectivity index (χ2n) is 2.77. The van der Waals surface area contributed by atoms with Gasteiger partial charge in [-0.1, -0.05) is 6.07 Å². The number of nitrogens with two attached hydrogens (primary N) is 1. The molecule has 0 aliphatic heterocycles. The van der Waals surface area contributed by atoms with E-state index in [1.165, 1.54) is 12.1 Å². The molecule has 13 heavy (non-hydrogen) atoms. The zero-order valence-corrected chi connectivity index (χ0v) is 7.42. The molecule has 0 aliphatic rings. The second kappa shape index (κ2) is 4.20. The predicted molar refractivity (Wildman–Crippen MR) is 49.7 cm³/mol. The summed E-state index contributed by atoms with van der Waals surface area (Å²) < 4.78 is 13.2. The fourth-order valence-electron chi connectivity index (χ4n) is 1.25. The number of hydrogen-bond acceptors (Lipinski definition) is 3. The van der Waals surface area contributed by atoms with Crippen LogP contribution in [0.2, 0.25) is 0 Å². The summed E-state index contributed by atoms with van der Waals surface area (Å²) in [5.41, 5.74) is 6.26. The van der Waals surface area contributed by atoms with Gasteiger partial charge in [-0.15, -0.1) is 0 Å². The number of anilines is 1. The van der Waals surface area contributed by atoms with Crippen LogP contribution in [-0.4, -0.2) is 18.8 Å². The van der Waals surface area contributed by atoms with E-state index in [9.17, 15) is 4.39 Å². The summed E-state index contributed by atoms with van der Waals surface area (Å²) in [6.07, 6.45) is 0. The molecule has 1 aromatic carbocycles. The van der Waals surface area contributed by atoms with Crippen molar-refractivity contribution in [3.63, 3.8) is 0 Å². The standard InChI is InChI=1S/C9H13FN2O/c1-12-8(5-13)9-6(10)3-2-4-7(9)11/h2-4,8,12-13H,5,11H2,1H3/t8-/m1/s1. The molecule has 4 N–H and O–H groups in total. The molecule has 72 valence electrons. The van der Waals surface area contributed by atoms with Crippen LogP contribution in [0.4, 0.5) is 10.1 Å². The Hall–Kier alpha value is -1.13. The molecule has 0 spiro atoms. The largest absolute Gasteiger partial charge is 0.398 e. The highest BCUT2D eigenvalue weighted by molar-refractivity contribution is 5.49. The first-order valence-corrected chi connectivity index (χ1v) is 4.02. The van der Waals surface area contributed by atoms with Gasteiger partial charge in [0.15, 0.2) is 0 Å². The monoisotopic (exact) mass is 184 g/mol. The lowest BCUT2D eigenvalue weighted by Crippen LogP contribution is -2.22. The first-order chi connectivity index (χ1) is 6.20. The fourth-order valence-corrected chi connectivity index (χ4v) is 1.25. The lowest BCUT2D eigenvalue weighted by Gasteiger charge is -2.16. The van der Waals surface area contributed by atoms with Crippen LogP contribution in [0.5, 0.6) is 0 Å². The number of nitrogens with one attached hydrogen (secondary N) is 1. The van der Waals surface area contributed by atoms with Crippen molar-refractivity contribution in [3.8, 4) is 0 Å². The minimum atomic E-state index is -0.443. The van der Waals surface area contributed by atoms with E-state index < -0.39 is 11.9 Å². The molecule has 3 nitrogen and oxygen atoms in total. The Bertz CT molecular complexity index is 267. The zero-order valence-electron chi connectivity index (χ0n) is 7.42. The normalized spacial score (nSPS) is 12.8. The van der Waals surface area contributed by atoms with Crippen LogP contribution in [0, 0.1) is 5.82 Å². The maximum absolute atomic E-state index is 13.2. The molecule has 0 radical (unpaired) electrons. The van der Waals surface area contributed by atoms with Gasteiger partial charge < -0.3 is 16.2 Å². The molecule has 0 unspecified atom stereocenters. The fraction of sp³-hybridized carbons (Fsp3) is 0.333. The average Bonchev–Trinajstić information content (AvgIpc) is 2.11. The number of benzene rings is 1. The van der Waals surface area contributed by atoms with Gasteiger partial charge in [0.2, 0.25) is 0 Å². The Balaban J connectivity index is 3.10. The highest BCUT2D eigenvalue weighted by atomic mass is 19.1. The Morgan fingerprint density at radius 3 is 2.77 bits per heavy atom. The quantitative estimate of drug-likeness (QED) is 0.605. The number of rotatable bonds is 3. The van der Waals surface area contributed by atoms with Gasteiger partial charge in [-0.05, 0) is 19.2 Å². The van der Waals surface area contributed by atoms with Crippen molar-refractivity contribution < 1.29 is 9.50 Å². The van der Waals surface area contributed by atoms with E-state index >= 15 is 0 Å². The van der Waals surface area contributed by atoms with Crippen LogP contribution in [-0.2, 0) is 0 Å². The third-order valence-corrected chi connectivity index (χ3v) is 1.97. The van der Waals surface area contributed by atoms with Gasteiger partial charge in [-0.25, -0.2) is 4.39 Å². The molecule has 0 fully saturated rings. The number of nitrogen functional groups attached to an aromatic ring is 1. The molecule has 1 rings (SSSR count). The van der Waals surface area contributed by atoms with Gasteiger partial charge >= 0.3 is 0 Å². The van der Waals surface area contributed by atoms with Gasteiger partial charge in [0.25, 0.3) is 0 Å². The molecule has 0 aromatic heterocycles. The summed E-state index contributed by atoms with van der Waals surface area (Å²) in [7, 11) is 1.65. The molecule has 0 bridgehead atoms. The van der Waals surface area contributed by atoms with Crippen LogP contribution in [0.15, 0.2) is 18.2 Å². The van der Waals surface area contributed by atoms with E-state index in [1.54, 1.807) is 13.1 Å². The van der Waals surface area contributed by atoms with E-state index in [-0.39, 0.29) is 6.61 Å². The van der Waals surface area contributed by atoms with Gasteiger partial charge in [0.1, 0.15) is 5.82 Å². The molecular formula is C9H13FN2O. The average molecular weight is 184 g/mol. The highest BCUT2D eigenvalue weighted by Crippen LogP contribution is 2.22. The van der Waals surface area contributed by atoms with Gasteiger partial charge in [-0.3, -0.25) is 0 Å². The van der Waals surface area contributed by atoms with Crippen molar-refractivity contribution in [2.24, 2.45) is 0 Å². The van der Waals surface area contributed by atoms with E-state index in [0.29, 0.717) is 11.3 Å². The minimum absolute atomic E-state index is 0.179. The summed E-state index contributed by atoms with van der Waals surface area (Å²) in [4.78, 5) is 0. The summed E-state index contributed by atoms with van der Waals surface area (Å²) in [5, 5.41) is 11.7. The number of aliphatic hydroxyl groups is 1. The molecule has 0 heterocycles. The molecular weight excluding hydrogens is 171 g/mol. The molecule has 0 amide bonds. The Kier molecular flexibility index (Phi) is 3.22. The van der Waals surface area contributed by atoms with Crippen molar-refractivity contribution in [3.05, 3.63) is 29.6 Å². The second-order valence-corrected chi connectivity index (χ2v) is 2.77. The molecule has 4 heteroatoms. The first-order valence-electron chi connectivity index (χ1n) is 4.02. The van der Waals surface area contributed by atoms with Crippen molar-refractivity contribution >= 4 is 5.69 Å². The van der Waals surface area contributed by atoms with Crippen LogP contribution >= 0.6 is 0 Å². The van der Waals surface area contributed by atoms with Crippen LogP contribution in [0.1, 0.15) is 11.6 Å². The van der Waals surface area contributed by atoms with Crippen LogP contribution in [0.25, 0.3) is 0 Å². The highest BCUT2D eigenvalue weighted by Gasteiger charge is 2.15. The summed E-state index contributed by atoms with van der Waals surface area (Å²) >= 11 is 0. The summed E-state index contributed by atoms with van der Waals surface area (Å²) in [6.45, 7) is -0.179. The maximum Gasteiger partial charge on any atom is 0.130 e. The topological polar surface area (TPSA) is 58.3 Å².